The lowest BCUT2D eigenvalue weighted by molar-refractivity contribution is -0.113. The Balaban J connectivity index is 1.63. The largest absolute Gasteiger partial charge is 0.497 e. The zero-order valence-corrected chi connectivity index (χ0v) is 15.4. The van der Waals surface area contributed by atoms with Crippen molar-refractivity contribution in [3.63, 3.8) is 0 Å². The van der Waals surface area contributed by atoms with Gasteiger partial charge in [-0.15, -0.1) is 5.10 Å². The highest BCUT2D eigenvalue weighted by atomic mass is 32.2. The molecule has 1 heterocycles. The lowest BCUT2D eigenvalue weighted by atomic mass is 10.1. The van der Waals surface area contributed by atoms with Crippen LogP contribution in [0.25, 0.3) is 5.69 Å². The van der Waals surface area contributed by atoms with Gasteiger partial charge >= 0.3 is 0 Å². The maximum Gasteiger partial charge on any atom is 0.234 e. The van der Waals surface area contributed by atoms with Crippen molar-refractivity contribution in [3.8, 4) is 11.4 Å². The van der Waals surface area contributed by atoms with Crippen molar-refractivity contribution in [1.29, 1.82) is 0 Å². The Morgan fingerprint density at radius 2 is 2.04 bits per heavy atom. The summed E-state index contributed by atoms with van der Waals surface area (Å²) < 4.78 is 6.80. The second kappa shape index (κ2) is 8.48. The lowest BCUT2D eigenvalue weighted by Crippen LogP contribution is -2.14. The monoisotopic (exact) mass is 369 g/mol. The van der Waals surface area contributed by atoms with E-state index in [1.807, 2.05) is 48.5 Å². The highest BCUT2D eigenvalue weighted by Crippen LogP contribution is 2.21. The molecular formula is C18H19N5O2S. The minimum Gasteiger partial charge on any atom is -0.497 e. The predicted octanol–water partition coefficient (Wildman–Crippen LogP) is 2.96. The molecule has 1 aromatic heterocycles. The van der Waals surface area contributed by atoms with Crippen LogP contribution in [0.4, 0.5) is 5.69 Å². The van der Waals surface area contributed by atoms with Gasteiger partial charge < -0.3 is 10.1 Å². The molecule has 8 heteroatoms. The summed E-state index contributed by atoms with van der Waals surface area (Å²) in [5.74, 6) is 0.807. The Kier molecular flexibility index (Phi) is 5.85. The van der Waals surface area contributed by atoms with Crippen LogP contribution < -0.4 is 10.1 Å². The van der Waals surface area contributed by atoms with Crippen LogP contribution in [0.2, 0.25) is 0 Å². The maximum atomic E-state index is 12.2. The van der Waals surface area contributed by atoms with Crippen LogP contribution in [0.5, 0.6) is 5.75 Å². The summed E-state index contributed by atoms with van der Waals surface area (Å²) in [6, 6.07) is 15.2. The van der Waals surface area contributed by atoms with E-state index in [1.165, 1.54) is 17.3 Å². The number of rotatable bonds is 7. The Morgan fingerprint density at radius 1 is 1.23 bits per heavy atom. The summed E-state index contributed by atoms with van der Waals surface area (Å²) in [6.07, 6.45) is 0.969. The molecule has 0 saturated heterocycles. The average Bonchev–Trinajstić information content (AvgIpc) is 3.16. The third-order valence-electron chi connectivity index (χ3n) is 3.72. The zero-order chi connectivity index (χ0) is 18.4. The topological polar surface area (TPSA) is 81.9 Å². The molecule has 3 rings (SSSR count). The predicted molar refractivity (Wildman–Crippen MR) is 101 cm³/mol. The number of hydrogen-bond donors (Lipinski definition) is 1. The molecule has 0 fully saturated rings. The molecule has 0 aliphatic rings. The van der Waals surface area contributed by atoms with Crippen molar-refractivity contribution in [2.24, 2.45) is 0 Å². The Labute approximate surface area is 155 Å². The average molecular weight is 369 g/mol. The van der Waals surface area contributed by atoms with E-state index in [2.05, 4.69) is 27.8 Å². The molecule has 3 aromatic rings. The number of carbonyl (C=O) groups excluding carboxylic acids is 1. The van der Waals surface area contributed by atoms with Crippen LogP contribution in [-0.2, 0) is 11.2 Å². The van der Waals surface area contributed by atoms with Gasteiger partial charge in [0.1, 0.15) is 5.75 Å². The van der Waals surface area contributed by atoms with Crippen LogP contribution in [0, 0.1) is 0 Å². The number of thioether (sulfide) groups is 1. The SMILES string of the molecule is CCc1ccc(NC(=O)CSc2nnnn2-c2cccc(OC)c2)cc1. The normalized spacial score (nSPS) is 10.5. The third kappa shape index (κ3) is 4.40. The number of aryl methyl sites for hydroxylation is 1. The van der Waals surface area contributed by atoms with Gasteiger partial charge in [-0.3, -0.25) is 4.79 Å². The van der Waals surface area contributed by atoms with Gasteiger partial charge in [0.05, 0.1) is 18.6 Å². The summed E-state index contributed by atoms with van der Waals surface area (Å²) in [7, 11) is 1.60. The van der Waals surface area contributed by atoms with Gasteiger partial charge in [-0.1, -0.05) is 36.9 Å². The van der Waals surface area contributed by atoms with Crippen LogP contribution in [0.3, 0.4) is 0 Å². The molecule has 26 heavy (non-hydrogen) atoms. The molecule has 0 unspecified atom stereocenters. The molecule has 0 atom stereocenters. The molecule has 0 saturated carbocycles. The molecule has 0 radical (unpaired) electrons. The van der Waals surface area contributed by atoms with Crippen molar-refractivity contribution in [2.75, 3.05) is 18.2 Å². The summed E-state index contributed by atoms with van der Waals surface area (Å²) in [5, 5.41) is 15.1. The van der Waals surface area contributed by atoms with Crippen molar-refractivity contribution >= 4 is 23.4 Å². The fraction of sp³-hybridized carbons (Fsp3) is 0.222. The first-order valence-electron chi connectivity index (χ1n) is 8.14. The van der Waals surface area contributed by atoms with E-state index in [9.17, 15) is 4.79 Å². The highest BCUT2D eigenvalue weighted by molar-refractivity contribution is 7.99. The van der Waals surface area contributed by atoms with Crippen LogP contribution in [0.1, 0.15) is 12.5 Å². The second-order valence-corrected chi connectivity index (χ2v) is 6.40. The number of aromatic nitrogens is 4. The number of amides is 1. The first kappa shape index (κ1) is 17.9. The highest BCUT2D eigenvalue weighted by Gasteiger charge is 2.12. The van der Waals surface area contributed by atoms with E-state index in [-0.39, 0.29) is 11.7 Å². The van der Waals surface area contributed by atoms with Gasteiger partial charge in [0.15, 0.2) is 0 Å². The minimum absolute atomic E-state index is 0.112. The number of methoxy groups -OCH3 is 1. The van der Waals surface area contributed by atoms with Gasteiger partial charge in [-0.05, 0) is 46.7 Å². The molecule has 134 valence electrons. The molecule has 0 aliphatic carbocycles. The number of carbonyl (C=O) groups is 1. The van der Waals surface area contributed by atoms with E-state index < -0.39 is 0 Å². The van der Waals surface area contributed by atoms with Gasteiger partial charge in [0, 0.05) is 11.8 Å². The van der Waals surface area contributed by atoms with Gasteiger partial charge in [0.2, 0.25) is 11.1 Å². The third-order valence-corrected chi connectivity index (χ3v) is 4.64. The van der Waals surface area contributed by atoms with Crippen LogP contribution >= 0.6 is 11.8 Å². The summed E-state index contributed by atoms with van der Waals surface area (Å²) in [6.45, 7) is 2.09. The first-order valence-corrected chi connectivity index (χ1v) is 9.12. The number of tetrazole rings is 1. The van der Waals surface area contributed by atoms with E-state index in [0.717, 1.165) is 17.8 Å². The summed E-state index contributed by atoms with van der Waals surface area (Å²) in [4.78, 5) is 12.2. The number of anilines is 1. The van der Waals surface area contributed by atoms with Crippen molar-refractivity contribution in [1.82, 2.24) is 20.2 Å². The second-order valence-electron chi connectivity index (χ2n) is 5.46. The van der Waals surface area contributed by atoms with E-state index in [0.29, 0.717) is 10.9 Å². The van der Waals surface area contributed by atoms with Crippen molar-refractivity contribution < 1.29 is 9.53 Å². The van der Waals surface area contributed by atoms with Gasteiger partial charge in [0.25, 0.3) is 0 Å². The van der Waals surface area contributed by atoms with Crippen molar-refractivity contribution in [3.05, 3.63) is 54.1 Å². The van der Waals surface area contributed by atoms with Gasteiger partial charge in [-0.25, -0.2) is 0 Å². The van der Waals surface area contributed by atoms with Gasteiger partial charge in [-0.2, -0.15) is 4.68 Å². The Hall–Kier alpha value is -2.87. The molecule has 0 bridgehead atoms. The fourth-order valence-corrected chi connectivity index (χ4v) is 3.01. The number of ether oxygens (including phenoxy) is 1. The zero-order valence-electron chi connectivity index (χ0n) is 14.5. The lowest BCUT2D eigenvalue weighted by Gasteiger charge is -2.07. The van der Waals surface area contributed by atoms with E-state index >= 15 is 0 Å². The van der Waals surface area contributed by atoms with E-state index in [4.69, 9.17) is 4.74 Å². The maximum absolute atomic E-state index is 12.2. The number of benzene rings is 2. The molecule has 1 N–H and O–H groups in total. The molecule has 1 amide bonds. The quantitative estimate of drug-likeness (QED) is 0.645. The smallest absolute Gasteiger partial charge is 0.234 e. The molecule has 2 aromatic carbocycles. The van der Waals surface area contributed by atoms with Crippen LogP contribution in [0.15, 0.2) is 53.7 Å². The molecular weight excluding hydrogens is 350 g/mol. The van der Waals surface area contributed by atoms with Crippen LogP contribution in [-0.4, -0.2) is 39.0 Å². The van der Waals surface area contributed by atoms with E-state index in [1.54, 1.807) is 11.8 Å². The summed E-state index contributed by atoms with van der Waals surface area (Å²) in [5.41, 5.74) is 2.78. The summed E-state index contributed by atoms with van der Waals surface area (Å²) >= 11 is 1.27. The molecule has 7 nitrogen and oxygen atoms in total. The first-order chi connectivity index (χ1) is 12.7. The Morgan fingerprint density at radius 3 is 2.77 bits per heavy atom. The molecule has 0 aliphatic heterocycles. The van der Waals surface area contributed by atoms with Crippen molar-refractivity contribution in [2.45, 2.75) is 18.5 Å². The number of nitrogens with one attached hydrogen (secondary N) is 1. The number of hydrogen-bond acceptors (Lipinski definition) is 6. The Bertz CT molecular complexity index is 879. The number of nitrogens with zero attached hydrogens (tertiary/aromatic N) is 4. The molecule has 0 spiro atoms. The standard InChI is InChI=1S/C18H19N5O2S/c1-3-13-7-9-14(10-8-13)19-17(24)12-26-18-20-21-22-23(18)15-5-4-6-16(11-15)25-2/h4-11H,3,12H2,1-2H3,(H,19,24). The minimum atomic E-state index is -0.112. The fourth-order valence-electron chi connectivity index (χ4n) is 2.32.